The third kappa shape index (κ3) is 28.5. The molecule has 0 aliphatic carbocycles. The van der Waals surface area contributed by atoms with E-state index in [0.717, 1.165) is 12.6 Å². The smallest absolute Gasteiger partial charge is 0.333 e. The van der Waals surface area contributed by atoms with Gasteiger partial charge in [0.1, 0.15) is 13.2 Å². The second-order valence-corrected chi connectivity index (χ2v) is 6.52. The third-order valence-electron chi connectivity index (χ3n) is 3.02. The summed E-state index contributed by atoms with van der Waals surface area (Å²) in [6.07, 6.45) is 2.88. The van der Waals surface area contributed by atoms with E-state index >= 15 is 0 Å². The first kappa shape index (κ1) is 34.1. The molecule has 0 aliphatic heterocycles. The Bertz CT molecular complexity index is 728. The SMILES string of the molecule is C=C(C)C(=O)O.C=C(C)C(=O)OCCN(C)C.C=CC(=O)OCCO.C=Cc1ccccc1. The van der Waals surface area contributed by atoms with Crippen LogP contribution in [0.15, 0.2) is 73.9 Å². The van der Waals surface area contributed by atoms with Gasteiger partial charge in [-0.25, -0.2) is 14.4 Å². The first-order valence-corrected chi connectivity index (χ1v) is 9.86. The summed E-state index contributed by atoms with van der Waals surface area (Å²) in [5, 5.41) is 16.0. The number of esters is 2. The highest BCUT2D eigenvalue weighted by molar-refractivity contribution is 5.86. The number of nitrogens with zero attached hydrogens (tertiary/aromatic N) is 1. The minimum absolute atomic E-state index is 0.0465. The number of hydrogen-bond donors (Lipinski definition) is 2. The molecule has 0 aliphatic rings. The Morgan fingerprint density at radius 3 is 1.79 bits per heavy atom. The quantitative estimate of drug-likeness (QED) is 0.423. The zero-order valence-electron chi connectivity index (χ0n) is 20.1. The first-order valence-electron chi connectivity index (χ1n) is 9.86. The van der Waals surface area contributed by atoms with E-state index in [-0.39, 0.29) is 24.8 Å². The molecule has 33 heavy (non-hydrogen) atoms. The number of carbonyl (C=O) groups excluding carboxylic acids is 2. The largest absolute Gasteiger partial charge is 0.478 e. The van der Waals surface area contributed by atoms with Gasteiger partial charge in [0.25, 0.3) is 0 Å². The zero-order valence-corrected chi connectivity index (χ0v) is 20.1. The van der Waals surface area contributed by atoms with E-state index in [2.05, 4.69) is 31.1 Å². The van der Waals surface area contributed by atoms with Crippen molar-refractivity contribution in [1.29, 1.82) is 0 Å². The van der Waals surface area contributed by atoms with E-state index in [1.807, 2.05) is 55.4 Å². The molecule has 0 saturated heterocycles. The standard InChI is InChI=1S/C8H15NO2.C8H8.C5H8O3.C4H6O2/c1-7(2)8(10)11-6-5-9(3)4;1-2-8-6-4-3-5-7-8;1-2-5(7)8-4-3-6;1-3(2)4(5)6/h1,5-6H2,2-4H3;2-7H,1H2;2,6H,1,3-4H2;1H2,2H3,(H,5,6). The molecule has 0 atom stereocenters. The number of ether oxygens (including phenoxy) is 2. The highest BCUT2D eigenvalue weighted by Gasteiger charge is 2.01. The lowest BCUT2D eigenvalue weighted by Gasteiger charge is -2.09. The summed E-state index contributed by atoms with van der Waals surface area (Å²) in [7, 11) is 3.85. The molecule has 1 rings (SSSR count). The van der Waals surface area contributed by atoms with Crippen LogP contribution < -0.4 is 0 Å². The van der Waals surface area contributed by atoms with Crippen molar-refractivity contribution in [3.63, 3.8) is 0 Å². The Morgan fingerprint density at radius 2 is 1.48 bits per heavy atom. The maximum absolute atomic E-state index is 10.8. The van der Waals surface area contributed by atoms with Crippen LogP contribution in [-0.2, 0) is 23.9 Å². The number of hydrogen-bond acceptors (Lipinski definition) is 7. The summed E-state index contributed by atoms with van der Waals surface area (Å²) in [6.45, 7) is 17.6. The van der Waals surface area contributed by atoms with E-state index in [1.54, 1.807) is 6.92 Å². The molecule has 0 bridgehead atoms. The molecule has 1 aromatic rings. The number of likely N-dealkylation sites (N-methyl/N-ethyl adjacent to an activating group) is 1. The fraction of sp³-hybridized carbons (Fsp3) is 0.320. The Morgan fingerprint density at radius 1 is 0.970 bits per heavy atom. The van der Waals surface area contributed by atoms with Gasteiger partial charge in [-0.15, -0.1) is 0 Å². The van der Waals surface area contributed by atoms with Crippen molar-refractivity contribution in [2.75, 3.05) is 40.5 Å². The average Bonchev–Trinajstić information content (AvgIpc) is 2.78. The molecule has 0 heterocycles. The van der Waals surface area contributed by atoms with Crippen LogP contribution in [-0.4, -0.2) is 73.5 Å². The molecule has 2 N–H and O–H groups in total. The van der Waals surface area contributed by atoms with Gasteiger partial charge in [0.05, 0.1) is 6.61 Å². The van der Waals surface area contributed by atoms with Gasteiger partial charge < -0.3 is 24.6 Å². The molecule has 0 spiro atoms. The Hall–Kier alpha value is -3.49. The molecule has 0 fully saturated rings. The number of aliphatic hydroxyl groups excluding tert-OH is 1. The number of rotatable bonds is 9. The Kier molecular flexibility index (Phi) is 24.0. The van der Waals surface area contributed by atoms with Gasteiger partial charge in [-0.05, 0) is 33.5 Å². The predicted molar refractivity (Wildman–Crippen MR) is 132 cm³/mol. The molecule has 8 heteroatoms. The van der Waals surface area contributed by atoms with Gasteiger partial charge in [0.15, 0.2) is 0 Å². The maximum Gasteiger partial charge on any atom is 0.333 e. The number of aliphatic carboxylic acids is 1. The van der Waals surface area contributed by atoms with Crippen molar-refractivity contribution >= 4 is 24.0 Å². The molecular weight excluding hydrogens is 426 g/mol. The van der Waals surface area contributed by atoms with Crippen LogP contribution >= 0.6 is 0 Å². The van der Waals surface area contributed by atoms with Crippen molar-refractivity contribution in [3.05, 3.63) is 79.4 Å². The lowest BCUT2D eigenvalue weighted by Crippen LogP contribution is -2.20. The second kappa shape index (κ2) is 23.2. The van der Waals surface area contributed by atoms with Crippen LogP contribution in [0.3, 0.4) is 0 Å². The lowest BCUT2D eigenvalue weighted by atomic mass is 10.2. The second-order valence-electron chi connectivity index (χ2n) is 6.52. The number of aliphatic hydroxyl groups is 1. The van der Waals surface area contributed by atoms with E-state index in [4.69, 9.17) is 14.9 Å². The highest BCUT2D eigenvalue weighted by Crippen LogP contribution is 1.97. The molecule has 0 amide bonds. The summed E-state index contributed by atoms with van der Waals surface area (Å²) in [4.78, 5) is 32.5. The maximum atomic E-state index is 10.8. The van der Waals surface area contributed by atoms with Crippen LogP contribution in [0.2, 0.25) is 0 Å². The van der Waals surface area contributed by atoms with Crippen molar-refractivity contribution < 1.29 is 34.1 Å². The number of carbonyl (C=O) groups is 3. The molecule has 0 unspecified atom stereocenters. The lowest BCUT2D eigenvalue weighted by molar-refractivity contribution is -0.139. The van der Waals surface area contributed by atoms with Gasteiger partial charge in [0, 0.05) is 23.8 Å². The van der Waals surface area contributed by atoms with Crippen LogP contribution in [0.1, 0.15) is 19.4 Å². The third-order valence-corrected chi connectivity index (χ3v) is 3.02. The summed E-state index contributed by atoms with van der Waals surface area (Å²) >= 11 is 0. The Balaban J connectivity index is -0.000000372. The van der Waals surface area contributed by atoms with Crippen molar-refractivity contribution in [2.45, 2.75) is 13.8 Å². The van der Waals surface area contributed by atoms with Crippen LogP contribution in [0, 0.1) is 0 Å². The van der Waals surface area contributed by atoms with Crippen molar-refractivity contribution in [3.8, 4) is 0 Å². The summed E-state index contributed by atoms with van der Waals surface area (Å²) in [5.74, 6) is -1.75. The average molecular weight is 464 g/mol. The van der Waals surface area contributed by atoms with E-state index in [9.17, 15) is 14.4 Å². The Labute approximate surface area is 197 Å². The van der Waals surface area contributed by atoms with Gasteiger partial charge in [-0.3, -0.25) is 0 Å². The fourth-order valence-electron chi connectivity index (χ4n) is 1.24. The molecule has 1 aromatic carbocycles. The van der Waals surface area contributed by atoms with E-state index < -0.39 is 11.9 Å². The summed E-state index contributed by atoms with van der Waals surface area (Å²) < 4.78 is 9.17. The number of carboxylic acids is 1. The summed E-state index contributed by atoms with van der Waals surface area (Å²) in [6, 6.07) is 10.0. The highest BCUT2D eigenvalue weighted by atomic mass is 16.5. The van der Waals surface area contributed by atoms with Gasteiger partial charge in [0.2, 0.25) is 0 Å². The first-order chi connectivity index (χ1) is 15.4. The molecule has 184 valence electrons. The molecule has 8 nitrogen and oxygen atoms in total. The molecular formula is C25H37NO7. The van der Waals surface area contributed by atoms with Crippen molar-refractivity contribution in [1.82, 2.24) is 4.90 Å². The molecule has 0 saturated carbocycles. The van der Waals surface area contributed by atoms with E-state index in [0.29, 0.717) is 12.2 Å². The zero-order chi connectivity index (χ0) is 26.2. The van der Waals surface area contributed by atoms with Gasteiger partial charge >= 0.3 is 17.9 Å². The fourth-order valence-corrected chi connectivity index (χ4v) is 1.24. The van der Waals surface area contributed by atoms with Gasteiger partial charge in [-0.2, -0.15) is 0 Å². The minimum Gasteiger partial charge on any atom is -0.478 e. The van der Waals surface area contributed by atoms with Crippen LogP contribution in [0.4, 0.5) is 0 Å². The monoisotopic (exact) mass is 463 g/mol. The van der Waals surface area contributed by atoms with E-state index in [1.165, 1.54) is 12.5 Å². The molecule has 0 aromatic heterocycles. The van der Waals surface area contributed by atoms with Crippen LogP contribution in [0.5, 0.6) is 0 Å². The molecule has 0 radical (unpaired) electrons. The normalized spacial score (nSPS) is 8.67. The van der Waals surface area contributed by atoms with Gasteiger partial charge in [-0.1, -0.05) is 62.7 Å². The predicted octanol–water partition coefficient (Wildman–Crippen LogP) is 3.35. The summed E-state index contributed by atoms with van der Waals surface area (Å²) in [5.41, 5.74) is 1.80. The minimum atomic E-state index is -0.935. The van der Waals surface area contributed by atoms with Crippen molar-refractivity contribution in [2.24, 2.45) is 0 Å². The number of benzene rings is 1. The topological polar surface area (TPSA) is 113 Å². The number of carboxylic acid groups (broad SMARTS) is 1. The van der Waals surface area contributed by atoms with Crippen LogP contribution in [0.25, 0.3) is 6.08 Å².